The molecule has 4 nitrogen and oxygen atoms in total. The molecule has 1 N–H and O–H groups in total. The molecule has 29 heavy (non-hydrogen) atoms. The van der Waals surface area contributed by atoms with Gasteiger partial charge in [0.2, 0.25) is 0 Å². The van der Waals surface area contributed by atoms with Gasteiger partial charge in [-0.2, -0.15) is 0 Å². The lowest BCUT2D eigenvalue weighted by molar-refractivity contribution is -0.121. The van der Waals surface area contributed by atoms with Crippen LogP contribution in [0, 0.1) is 0 Å². The van der Waals surface area contributed by atoms with Crippen molar-refractivity contribution in [3.8, 4) is 5.75 Å². The quantitative estimate of drug-likeness (QED) is 0.333. The first kappa shape index (κ1) is 23.4. The normalized spacial score (nSPS) is 18.8. The van der Waals surface area contributed by atoms with Crippen molar-refractivity contribution in [3.63, 3.8) is 0 Å². The van der Waals surface area contributed by atoms with Crippen LogP contribution in [0.4, 0.5) is 0 Å². The Morgan fingerprint density at radius 3 is 2.69 bits per heavy atom. The van der Waals surface area contributed by atoms with Gasteiger partial charge >= 0.3 is 0 Å². The molecule has 2 rings (SSSR count). The first-order chi connectivity index (χ1) is 13.8. The summed E-state index contributed by atoms with van der Waals surface area (Å²) in [4.78, 5) is 16.2. The average Bonchev–Trinajstić information content (AvgIpc) is 2.67. The Balaban J connectivity index is 2.00. The van der Waals surface area contributed by atoms with E-state index in [1.165, 1.54) is 44.6 Å². The monoisotopic (exact) mass is 401 g/mol. The van der Waals surface area contributed by atoms with E-state index in [0.29, 0.717) is 5.75 Å². The van der Waals surface area contributed by atoms with Crippen molar-refractivity contribution >= 4 is 11.5 Å². The highest BCUT2D eigenvalue weighted by Crippen LogP contribution is 2.39. The Bertz CT molecular complexity index is 693. The first-order valence-corrected chi connectivity index (χ1v) is 11.3. The zero-order chi connectivity index (χ0) is 21.3. The molecule has 1 fully saturated rings. The molecule has 0 bridgehead atoms. The molecule has 1 unspecified atom stereocenters. The number of carbonyl (C=O) groups is 1. The Morgan fingerprint density at radius 2 is 2.00 bits per heavy atom. The van der Waals surface area contributed by atoms with Gasteiger partial charge in [-0.1, -0.05) is 70.2 Å². The second-order valence-electron chi connectivity index (χ2n) is 9.25. The maximum Gasteiger partial charge on any atom is 0.174 e. The molecule has 0 saturated heterocycles. The van der Waals surface area contributed by atoms with Crippen LogP contribution < -0.4 is 0 Å². The van der Waals surface area contributed by atoms with Crippen LogP contribution in [-0.2, 0) is 15.0 Å². The van der Waals surface area contributed by atoms with Gasteiger partial charge < -0.3 is 9.94 Å². The number of rotatable bonds is 11. The van der Waals surface area contributed by atoms with Crippen LogP contribution in [-0.4, -0.2) is 23.2 Å². The zero-order valence-electron chi connectivity index (χ0n) is 18.8. The summed E-state index contributed by atoms with van der Waals surface area (Å²) in [6.45, 7) is 8.32. The van der Waals surface area contributed by atoms with Crippen molar-refractivity contribution in [1.29, 1.82) is 0 Å². The highest BCUT2D eigenvalue weighted by Gasteiger charge is 2.25. The number of phenols is 1. The number of carbonyl (C=O) groups excluding carboxylic acids is 1. The van der Waals surface area contributed by atoms with E-state index in [1.807, 2.05) is 6.07 Å². The van der Waals surface area contributed by atoms with Gasteiger partial charge in [0.1, 0.15) is 5.75 Å². The number of benzene rings is 1. The molecule has 0 amide bonds. The third kappa shape index (κ3) is 7.49. The van der Waals surface area contributed by atoms with Crippen LogP contribution in [0.25, 0.3) is 0 Å². The minimum Gasteiger partial charge on any atom is -0.508 e. The van der Waals surface area contributed by atoms with Crippen molar-refractivity contribution in [2.24, 2.45) is 5.16 Å². The summed E-state index contributed by atoms with van der Waals surface area (Å²) in [5, 5.41) is 14.9. The lowest BCUT2D eigenvalue weighted by atomic mass is 9.77. The van der Waals surface area contributed by atoms with Crippen molar-refractivity contribution < 1.29 is 14.7 Å². The fraction of sp³-hybridized carbons (Fsp3) is 0.680. The minimum absolute atomic E-state index is 0.0251. The fourth-order valence-corrected chi connectivity index (χ4v) is 4.23. The van der Waals surface area contributed by atoms with E-state index in [4.69, 9.17) is 4.84 Å². The summed E-state index contributed by atoms with van der Waals surface area (Å²) in [5.74, 6) is 0.634. The van der Waals surface area contributed by atoms with E-state index in [1.54, 1.807) is 0 Å². The number of unbranched alkanes of at least 4 members (excludes halogenated alkanes) is 4. The SMILES string of the molecule is CCCCCCCC(C)(C)c1ccc(C2CCC/C(=N/OCC(C)=O)C2)c(O)c1. The number of hydrogen-bond acceptors (Lipinski definition) is 4. The van der Waals surface area contributed by atoms with Gasteiger partial charge in [-0.25, -0.2) is 0 Å². The highest BCUT2D eigenvalue weighted by atomic mass is 16.6. The molecular formula is C25H39NO3. The van der Waals surface area contributed by atoms with Gasteiger partial charge in [0.15, 0.2) is 12.4 Å². The van der Waals surface area contributed by atoms with Crippen LogP contribution in [0.1, 0.15) is 109 Å². The summed E-state index contributed by atoms with van der Waals surface area (Å²) in [7, 11) is 0. The Labute approximate surface area is 176 Å². The van der Waals surface area contributed by atoms with Gasteiger partial charge in [0.05, 0.1) is 5.71 Å². The van der Waals surface area contributed by atoms with Crippen molar-refractivity contribution in [1.82, 2.24) is 0 Å². The van der Waals surface area contributed by atoms with Crippen LogP contribution in [0.3, 0.4) is 0 Å². The van der Waals surface area contributed by atoms with E-state index in [-0.39, 0.29) is 23.7 Å². The summed E-state index contributed by atoms with van der Waals surface area (Å²) in [6, 6.07) is 6.27. The van der Waals surface area contributed by atoms with Crippen molar-refractivity contribution in [2.75, 3.05) is 6.61 Å². The van der Waals surface area contributed by atoms with Gasteiger partial charge in [0, 0.05) is 0 Å². The molecular weight excluding hydrogens is 362 g/mol. The molecule has 0 heterocycles. The van der Waals surface area contributed by atoms with E-state index in [2.05, 4.69) is 38.1 Å². The fourth-order valence-electron chi connectivity index (χ4n) is 4.23. The predicted molar refractivity (Wildman–Crippen MR) is 120 cm³/mol. The van der Waals surface area contributed by atoms with Crippen LogP contribution >= 0.6 is 0 Å². The molecule has 162 valence electrons. The number of oxime groups is 1. The second-order valence-corrected chi connectivity index (χ2v) is 9.25. The Kier molecular flexibility index (Phi) is 9.19. The van der Waals surface area contributed by atoms with Crippen LogP contribution in [0.15, 0.2) is 23.4 Å². The van der Waals surface area contributed by atoms with Crippen LogP contribution in [0.5, 0.6) is 5.75 Å². The lowest BCUT2D eigenvalue weighted by Crippen LogP contribution is -2.18. The molecule has 1 saturated carbocycles. The first-order valence-electron chi connectivity index (χ1n) is 11.3. The maximum atomic E-state index is 11.0. The molecule has 1 atom stereocenters. The highest BCUT2D eigenvalue weighted by molar-refractivity contribution is 5.85. The maximum absolute atomic E-state index is 11.0. The molecule has 1 aromatic carbocycles. The number of phenolic OH excluding ortho intramolecular Hbond substituents is 1. The van der Waals surface area contributed by atoms with Gasteiger partial charge in [-0.3, -0.25) is 4.79 Å². The standard InChI is InChI=1S/C25H39NO3/c1-5-6-7-8-9-15-25(3,4)21-13-14-23(24(28)17-21)20-11-10-12-22(16-20)26-29-18-19(2)27/h13-14,17,20,28H,5-12,15-16,18H2,1-4H3/b26-22-. The predicted octanol–water partition coefficient (Wildman–Crippen LogP) is 6.65. The molecule has 0 aromatic heterocycles. The summed E-state index contributed by atoms with van der Waals surface area (Å²) in [5.41, 5.74) is 3.27. The second kappa shape index (κ2) is 11.4. The average molecular weight is 402 g/mol. The van der Waals surface area contributed by atoms with Crippen LogP contribution in [0.2, 0.25) is 0 Å². The zero-order valence-corrected chi connectivity index (χ0v) is 18.8. The number of Topliss-reactive ketones (excluding diaryl/α,β-unsaturated/α-hetero) is 1. The summed E-state index contributed by atoms with van der Waals surface area (Å²) in [6.07, 6.45) is 11.3. The molecule has 1 aromatic rings. The van der Waals surface area contributed by atoms with Gasteiger partial charge in [-0.05, 0) is 67.6 Å². The molecule has 0 spiro atoms. The molecule has 1 aliphatic rings. The Morgan fingerprint density at radius 1 is 1.24 bits per heavy atom. The Hall–Kier alpha value is -1.84. The summed E-state index contributed by atoms with van der Waals surface area (Å²) < 4.78 is 0. The van der Waals surface area contributed by atoms with Gasteiger partial charge in [0.25, 0.3) is 0 Å². The molecule has 0 aliphatic heterocycles. The third-order valence-electron chi connectivity index (χ3n) is 6.12. The smallest absolute Gasteiger partial charge is 0.174 e. The van der Waals surface area contributed by atoms with Crippen molar-refractivity contribution in [3.05, 3.63) is 29.3 Å². The summed E-state index contributed by atoms with van der Waals surface area (Å²) >= 11 is 0. The topological polar surface area (TPSA) is 58.9 Å². The molecule has 4 heteroatoms. The number of hydrogen-bond donors (Lipinski definition) is 1. The largest absolute Gasteiger partial charge is 0.508 e. The van der Waals surface area contributed by atoms with E-state index in [0.717, 1.165) is 43.4 Å². The number of nitrogens with zero attached hydrogens (tertiary/aromatic N) is 1. The lowest BCUT2D eigenvalue weighted by Gasteiger charge is -2.28. The van der Waals surface area contributed by atoms with Gasteiger partial charge in [-0.15, -0.1) is 0 Å². The van der Waals surface area contributed by atoms with E-state index < -0.39 is 0 Å². The van der Waals surface area contributed by atoms with E-state index in [9.17, 15) is 9.90 Å². The minimum atomic E-state index is -0.0251. The van der Waals surface area contributed by atoms with Crippen molar-refractivity contribution in [2.45, 2.75) is 103 Å². The number of ketones is 1. The molecule has 0 radical (unpaired) electrons. The molecule has 1 aliphatic carbocycles. The third-order valence-corrected chi connectivity index (χ3v) is 6.12. The van der Waals surface area contributed by atoms with E-state index >= 15 is 0 Å². The number of aromatic hydroxyl groups is 1.